The van der Waals surface area contributed by atoms with E-state index in [9.17, 15) is 4.79 Å². The SMILES string of the molecule is C=C\C=C/C(=C\C=C/C)CNC(=O)CBr. The predicted molar refractivity (Wildman–Crippen MR) is 69.0 cm³/mol. The van der Waals surface area contributed by atoms with Gasteiger partial charge in [-0.3, -0.25) is 4.79 Å². The monoisotopic (exact) mass is 269 g/mol. The van der Waals surface area contributed by atoms with Crippen molar-refractivity contribution in [3.05, 3.63) is 48.6 Å². The van der Waals surface area contributed by atoms with Crippen molar-refractivity contribution in [2.24, 2.45) is 0 Å². The van der Waals surface area contributed by atoms with Gasteiger partial charge in [0, 0.05) is 6.54 Å². The number of allylic oxidation sites excluding steroid dienone is 5. The summed E-state index contributed by atoms with van der Waals surface area (Å²) in [7, 11) is 0. The molecule has 0 spiro atoms. The molecule has 0 radical (unpaired) electrons. The summed E-state index contributed by atoms with van der Waals surface area (Å²) in [5.41, 5.74) is 1.03. The van der Waals surface area contributed by atoms with Crippen molar-refractivity contribution >= 4 is 21.8 Å². The highest BCUT2D eigenvalue weighted by atomic mass is 79.9. The predicted octanol–water partition coefficient (Wildman–Crippen LogP) is 2.74. The van der Waals surface area contributed by atoms with Crippen LogP contribution in [0.4, 0.5) is 0 Å². The van der Waals surface area contributed by atoms with E-state index < -0.39 is 0 Å². The first-order valence-corrected chi connectivity index (χ1v) is 5.80. The van der Waals surface area contributed by atoms with Gasteiger partial charge in [0.25, 0.3) is 0 Å². The van der Waals surface area contributed by atoms with Crippen LogP contribution in [0.5, 0.6) is 0 Å². The molecule has 3 heteroatoms. The molecule has 0 unspecified atom stereocenters. The van der Waals surface area contributed by atoms with Crippen LogP contribution in [-0.2, 0) is 4.79 Å². The third kappa shape index (κ3) is 7.94. The Bertz CT molecular complexity index is 290. The Hall–Kier alpha value is -1.09. The fourth-order valence-electron chi connectivity index (χ4n) is 0.833. The van der Waals surface area contributed by atoms with Gasteiger partial charge in [-0.2, -0.15) is 0 Å². The van der Waals surface area contributed by atoms with E-state index in [1.165, 1.54) is 0 Å². The van der Waals surface area contributed by atoms with Crippen molar-refractivity contribution in [3.8, 4) is 0 Å². The molecular formula is C12H16BrNO. The van der Waals surface area contributed by atoms with E-state index in [1.54, 1.807) is 6.08 Å². The lowest BCUT2D eigenvalue weighted by molar-refractivity contribution is -0.118. The summed E-state index contributed by atoms with van der Waals surface area (Å²) in [6.45, 7) is 6.07. The van der Waals surface area contributed by atoms with Gasteiger partial charge in [-0.05, 0) is 12.5 Å². The Morgan fingerprint density at radius 2 is 2.20 bits per heavy atom. The maximum atomic E-state index is 11.0. The summed E-state index contributed by atoms with van der Waals surface area (Å²) in [6.07, 6.45) is 11.3. The lowest BCUT2D eigenvalue weighted by atomic mass is 10.2. The molecule has 0 bridgehead atoms. The van der Waals surface area contributed by atoms with Gasteiger partial charge in [-0.15, -0.1) is 0 Å². The molecule has 82 valence electrons. The third-order valence-corrected chi connectivity index (χ3v) is 2.07. The third-order valence-electron chi connectivity index (χ3n) is 1.56. The van der Waals surface area contributed by atoms with E-state index in [4.69, 9.17) is 0 Å². The highest BCUT2D eigenvalue weighted by Gasteiger charge is 1.97. The first kappa shape index (κ1) is 13.9. The van der Waals surface area contributed by atoms with Crippen LogP contribution in [0, 0.1) is 0 Å². The number of hydrogen-bond acceptors (Lipinski definition) is 1. The summed E-state index contributed by atoms with van der Waals surface area (Å²) in [6, 6.07) is 0. The van der Waals surface area contributed by atoms with Crippen LogP contribution in [0.3, 0.4) is 0 Å². The highest BCUT2D eigenvalue weighted by molar-refractivity contribution is 9.09. The molecule has 1 amide bonds. The topological polar surface area (TPSA) is 29.1 Å². The first-order chi connectivity index (χ1) is 7.24. The van der Waals surface area contributed by atoms with Gasteiger partial charge in [0.1, 0.15) is 0 Å². The minimum Gasteiger partial charge on any atom is -0.351 e. The maximum absolute atomic E-state index is 11.0. The molecule has 0 aliphatic heterocycles. The first-order valence-electron chi connectivity index (χ1n) is 4.68. The van der Waals surface area contributed by atoms with Gasteiger partial charge in [0.2, 0.25) is 5.91 Å². The molecule has 0 rings (SSSR count). The van der Waals surface area contributed by atoms with E-state index in [1.807, 2.05) is 37.3 Å². The largest absolute Gasteiger partial charge is 0.351 e. The van der Waals surface area contributed by atoms with E-state index in [-0.39, 0.29) is 5.91 Å². The Morgan fingerprint density at radius 1 is 1.47 bits per heavy atom. The molecule has 0 heterocycles. The number of hydrogen-bond donors (Lipinski definition) is 1. The smallest absolute Gasteiger partial charge is 0.230 e. The van der Waals surface area contributed by atoms with Gasteiger partial charge < -0.3 is 5.32 Å². The fourth-order valence-corrected chi connectivity index (χ4v) is 1.03. The molecule has 0 atom stereocenters. The standard InChI is InChI=1S/C12H16BrNO/c1-3-5-7-11(8-6-4-2)10-14-12(15)9-13/h3-8H,1,9-10H2,2H3,(H,14,15)/b6-4-,7-5-,11-8+. The van der Waals surface area contributed by atoms with Gasteiger partial charge >= 0.3 is 0 Å². The summed E-state index contributed by atoms with van der Waals surface area (Å²) >= 11 is 3.09. The molecule has 0 aromatic carbocycles. The second-order valence-corrected chi connectivity index (χ2v) is 3.33. The number of carbonyl (C=O) groups is 1. The Morgan fingerprint density at radius 3 is 2.73 bits per heavy atom. The van der Waals surface area contributed by atoms with Crippen molar-refractivity contribution in [3.63, 3.8) is 0 Å². The Kier molecular flexibility index (Phi) is 8.78. The normalized spacial score (nSPS) is 12.3. The van der Waals surface area contributed by atoms with Crippen LogP contribution in [-0.4, -0.2) is 17.8 Å². The van der Waals surface area contributed by atoms with Crippen LogP contribution < -0.4 is 5.32 Å². The van der Waals surface area contributed by atoms with Crippen molar-refractivity contribution in [2.75, 3.05) is 11.9 Å². The summed E-state index contributed by atoms with van der Waals surface area (Å²) in [4.78, 5) is 11.0. The summed E-state index contributed by atoms with van der Waals surface area (Å²) in [5, 5.41) is 3.11. The fraction of sp³-hybridized carbons (Fsp3) is 0.250. The summed E-state index contributed by atoms with van der Waals surface area (Å²) in [5.74, 6) is -0.0200. The van der Waals surface area contributed by atoms with Crippen LogP contribution >= 0.6 is 15.9 Å². The molecule has 15 heavy (non-hydrogen) atoms. The van der Waals surface area contributed by atoms with E-state index in [2.05, 4.69) is 27.8 Å². The number of rotatable bonds is 6. The quantitative estimate of drug-likeness (QED) is 0.583. The Balaban J connectivity index is 4.31. The Labute approximate surface area is 99.6 Å². The minimum absolute atomic E-state index is 0.0200. The van der Waals surface area contributed by atoms with E-state index in [0.717, 1.165) is 5.57 Å². The lowest BCUT2D eigenvalue weighted by Gasteiger charge is -2.03. The molecule has 0 saturated heterocycles. The van der Waals surface area contributed by atoms with Crippen LogP contribution in [0.2, 0.25) is 0 Å². The van der Waals surface area contributed by atoms with Crippen molar-refractivity contribution in [2.45, 2.75) is 6.92 Å². The van der Waals surface area contributed by atoms with E-state index in [0.29, 0.717) is 11.9 Å². The number of amides is 1. The number of carbonyl (C=O) groups excluding carboxylic acids is 1. The number of alkyl halides is 1. The van der Waals surface area contributed by atoms with Gasteiger partial charge in [0.15, 0.2) is 0 Å². The summed E-state index contributed by atoms with van der Waals surface area (Å²) < 4.78 is 0. The van der Waals surface area contributed by atoms with Gasteiger partial charge in [-0.1, -0.05) is 59.0 Å². The molecule has 0 aromatic heterocycles. The maximum Gasteiger partial charge on any atom is 0.230 e. The zero-order chi connectivity index (χ0) is 11.5. The number of halogens is 1. The molecule has 0 aromatic rings. The average molecular weight is 270 g/mol. The van der Waals surface area contributed by atoms with E-state index >= 15 is 0 Å². The van der Waals surface area contributed by atoms with Crippen molar-refractivity contribution in [1.82, 2.24) is 5.32 Å². The average Bonchev–Trinajstić information content (AvgIpc) is 2.27. The highest BCUT2D eigenvalue weighted by Crippen LogP contribution is 1.97. The lowest BCUT2D eigenvalue weighted by Crippen LogP contribution is -2.25. The van der Waals surface area contributed by atoms with Gasteiger partial charge in [-0.25, -0.2) is 0 Å². The molecule has 0 saturated carbocycles. The van der Waals surface area contributed by atoms with Crippen LogP contribution in [0.15, 0.2) is 48.6 Å². The van der Waals surface area contributed by atoms with Crippen molar-refractivity contribution in [1.29, 1.82) is 0 Å². The minimum atomic E-state index is -0.0200. The second-order valence-electron chi connectivity index (χ2n) is 2.77. The number of nitrogens with one attached hydrogen (secondary N) is 1. The van der Waals surface area contributed by atoms with Gasteiger partial charge in [0.05, 0.1) is 5.33 Å². The van der Waals surface area contributed by atoms with Crippen LogP contribution in [0.25, 0.3) is 0 Å². The molecule has 2 nitrogen and oxygen atoms in total. The van der Waals surface area contributed by atoms with Crippen LogP contribution in [0.1, 0.15) is 6.92 Å². The zero-order valence-electron chi connectivity index (χ0n) is 8.87. The molecule has 0 aliphatic carbocycles. The zero-order valence-corrected chi connectivity index (χ0v) is 10.5. The molecular weight excluding hydrogens is 254 g/mol. The molecule has 0 fully saturated rings. The van der Waals surface area contributed by atoms with Crippen molar-refractivity contribution < 1.29 is 4.79 Å². The molecule has 0 aliphatic rings. The molecule has 1 N–H and O–H groups in total. The second kappa shape index (κ2) is 9.46.